The van der Waals surface area contributed by atoms with Crippen LogP contribution in [0.15, 0.2) is 22.7 Å². The van der Waals surface area contributed by atoms with Gasteiger partial charge in [-0.3, -0.25) is 4.79 Å². The number of hydrogen-bond donors (Lipinski definition) is 0. The number of halogens is 2. The molecule has 0 aromatic heterocycles. The highest BCUT2D eigenvalue weighted by Gasteiger charge is 2.32. The fourth-order valence-electron chi connectivity index (χ4n) is 2.12. The fraction of sp³-hybridized carbons (Fsp3) is 0.462. The zero-order valence-electron chi connectivity index (χ0n) is 9.96. The Morgan fingerprint density at radius 1 is 1.47 bits per heavy atom. The molecule has 1 heterocycles. The van der Waals surface area contributed by atoms with Crippen molar-refractivity contribution in [1.82, 2.24) is 4.90 Å². The van der Waals surface area contributed by atoms with Crippen LogP contribution in [-0.4, -0.2) is 23.9 Å². The quantitative estimate of drug-likeness (QED) is 0.767. The summed E-state index contributed by atoms with van der Waals surface area (Å²) in [4.78, 5) is 14.2. The van der Waals surface area contributed by atoms with Crippen molar-refractivity contribution < 1.29 is 4.79 Å². The molecule has 0 N–H and O–H groups in total. The lowest BCUT2D eigenvalue weighted by Crippen LogP contribution is -2.30. The van der Waals surface area contributed by atoms with E-state index in [-0.39, 0.29) is 11.3 Å². The zero-order chi connectivity index (χ0) is 12.6. The standard InChI is InChI=1S/C13H15BrClNO/c1-13(2)5-6-16(8-13)12(17)10-7-9(14)3-4-11(10)15/h3-4,7H,5-6,8H2,1-2H3. The summed E-state index contributed by atoms with van der Waals surface area (Å²) in [6.45, 7) is 5.98. The molecule has 0 radical (unpaired) electrons. The van der Waals surface area contributed by atoms with Gasteiger partial charge in [0.1, 0.15) is 0 Å². The third kappa shape index (κ3) is 2.83. The molecule has 1 fully saturated rings. The van der Waals surface area contributed by atoms with Crippen LogP contribution in [0.2, 0.25) is 5.02 Å². The highest BCUT2D eigenvalue weighted by atomic mass is 79.9. The summed E-state index contributed by atoms with van der Waals surface area (Å²) in [6.07, 6.45) is 1.05. The molecule has 0 bridgehead atoms. The summed E-state index contributed by atoms with van der Waals surface area (Å²) in [5.74, 6) is 0.0295. The van der Waals surface area contributed by atoms with Crippen LogP contribution in [0.4, 0.5) is 0 Å². The minimum atomic E-state index is 0.0295. The molecule has 0 atom stereocenters. The van der Waals surface area contributed by atoms with E-state index < -0.39 is 0 Å². The number of rotatable bonds is 1. The molecule has 1 saturated heterocycles. The first-order valence-corrected chi connectivity index (χ1v) is 6.80. The van der Waals surface area contributed by atoms with E-state index in [2.05, 4.69) is 29.8 Å². The van der Waals surface area contributed by atoms with Crippen LogP contribution in [0.5, 0.6) is 0 Å². The second kappa shape index (κ2) is 4.62. The molecular formula is C13H15BrClNO. The Morgan fingerprint density at radius 3 is 2.76 bits per heavy atom. The molecule has 0 spiro atoms. The number of benzene rings is 1. The molecule has 1 aromatic rings. The number of carbonyl (C=O) groups excluding carboxylic acids is 1. The van der Waals surface area contributed by atoms with Gasteiger partial charge in [0, 0.05) is 17.6 Å². The maximum Gasteiger partial charge on any atom is 0.255 e. The number of likely N-dealkylation sites (tertiary alicyclic amines) is 1. The van der Waals surface area contributed by atoms with Gasteiger partial charge in [-0.05, 0) is 30.0 Å². The van der Waals surface area contributed by atoms with Crippen LogP contribution in [0.3, 0.4) is 0 Å². The first-order valence-electron chi connectivity index (χ1n) is 5.63. The van der Waals surface area contributed by atoms with Gasteiger partial charge in [0.15, 0.2) is 0 Å². The molecule has 4 heteroatoms. The second-order valence-electron chi connectivity index (χ2n) is 5.27. The van der Waals surface area contributed by atoms with Crippen LogP contribution in [0, 0.1) is 5.41 Å². The maximum atomic E-state index is 12.3. The molecule has 0 aliphatic carbocycles. The van der Waals surface area contributed by atoms with E-state index in [4.69, 9.17) is 11.6 Å². The third-order valence-corrected chi connectivity index (χ3v) is 3.95. The summed E-state index contributed by atoms with van der Waals surface area (Å²) in [6, 6.07) is 5.38. The van der Waals surface area contributed by atoms with Gasteiger partial charge in [-0.25, -0.2) is 0 Å². The van der Waals surface area contributed by atoms with E-state index in [1.807, 2.05) is 11.0 Å². The Hall–Kier alpha value is -0.540. The smallest absolute Gasteiger partial charge is 0.255 e. The van der Waals surface area contributed by atoms with Crippen molar-refractivity contribution in [2.45, 2.75) is 20.3 Å². The summed E-state index contributed by atoms with van der Waals surface area (Å²) in [5, 5.41) is 0.517. The topological polar surface area (TPSA) is 20.3 Å². The average Bonchev–Trinajstić information content (AvgIpc) is 2.61. The van der Waals surface area contributed by atoms with Crippen molar-refractivity contribution in [3.8, 4) is 0 Å². The van der Waals surface area contributed by atoms with Crippen LogP contribution >= 0.6 is 27.5 Å². The largest absolute Gasteiger partial charge is 0.338 e. The molecule has 0 unspecified atom stereocenters. The van der Waals surface area contributed by atoms with Gasteiger partial charge in [0.25, 0.3) is 5.91 Å². The summed E-state index contributed by atoms with van der Waals surface area (Å²) >= 11 is 9.44. The average molecular weight is 317 g/mol. The Labute approximate surface area is 115 Å². The highest BCUT2D eigenvalue weighted by Crippen LogP contribution is 2.31. The van der Waals surface area contributed by atoms with Crippen LogP contribution < -0.4 is 0 Å². The number of hydrogen-bond acceptors (Lipinski definition) is 1. The lowest BCUT2D eigenvalue weighted by molar-refractivity contribution is 0.0778. The molecular weight excluding hydrogens is 302 g/mol. The molecule has 2 rings (SSSR count). The molecule has 1 aliphatic rings. The maximum absolute atomic E-state index is 12.3. The van der Waals surface area contributed by atoms with E-state index in [0.29, 0.717) is 10.6 Å². The zero-order valence-corrected chi connectivity index (χ0v) is 12.3. The number of amides is 1. The predicted octanol–water partition coefficient (Wildman–Crippen LogP) is 3.97. The molecule has 92 valence electrons. The minimum Gasteiger partial charge on any atom is -0.338 e. The fourth-order valence-corrected chi connectivity index (χ4v) is 2.68. The Morgan fingerprint density at radius 2 is 2.18 bits per heavy atom. The first kappa shape index (κ1) is 12.9. The van der Waals surface area contributed by atoms with Gasteiger partial charge in [-0.2, -0.15) is 0 Å². The predicted molar refractivity (Wildman–Crippen MR) is 73.5 cm³/mol. The van der Waals surface area contributed by atoms with Crippen LogP contribution in [0.25, 0.3) is 0 Å². The third-order valence-electron chi connectivity index (χ3n) is 3.12. The summed E-state index contributed by atoms with van der Waals surface area (Å²) < 4.78 is 0.878. The Balaban J connectivity index is 2.23. The van der Waals surface area contributed by atoms with Crippen molar-refractivity contribution in [2.75, 3.05) is 13.1 Å². The van der Waals surface area contributed by atoms with Crippen molar-refractivity contribution in [2.24, 2.45) is 5.41 Å². The molecule has 1 amide bonds. The molecule has 1 aromatic carbocycles. The lowest BCUT2D eigenvalue weighted by atomic mass is 9.93. The van der Waals surface area contributed by atoms with Gasteiger partial charge >= 0.3 is 0 Å². The Kier molecular flexibility index (Phi) is 3.50. The van der Waals surface area contributed by atoms with Crippen LogP contribution in [-0.2, 0) is 0 Å². The van der Waals surface area contributed by atoms with Gasteiger partial charge in [0.2, 0.25) is 0 Å². The van der Waals surface area contributed by atoms with Crippen molar-refractivity contribution in [1.29, 1.82) is 0 Å². The van der Waals surface area contributed by atoms with E-state index in [0.717, 1.165) is 24.0 Å². The van der Waals surface area contributed by atoms with Gasteiger partial charge < -0.3 is 4.90 Å². The summed E-state index contributed by atoms with van der Waals surface area (Å²) in [7, 11) is 0. The van der Waals surface area contributed by atoms with E-state index in [1.165, 1.54) is 0 Å². The molecule has 17 heavy (non-hydrogen) atoms. The highest BCUT2D eigenvalue weighted by molar-refractivity contribution is 9.10. The first-order chi connectivity index (χ1) is 7.89. The number of nitrogens with zero attached hydrogens (tertiary/aromatic N) is 1. The van der Waals surface area contributed by atoms with E-state index in [9.17, 15) is 4.79 Å². The molecule has 1 aliphatic heterocycles. The second-order valence-corrected chi connectivity index (χ2v) is 6.59. The van der Waals surface area contributed by atoms with Crippen LogP contribution in [0.1, 0.15) is 30.6 Å². The van der Waals surface area contributed by atoms with Crippen molar-refractivity contribution >= 4 is 33.4 Å². The lowest BCUT2D eigenvalue weighted by Gasteiger charge is -2.20. The summed E-state index contributed by atoms with van der Waals surface area (Å²) in [5.41, 5.74) is 0.799. The van der Waals surface area contributed by atoms with Gasteiger partial charge in [0.05, 0.1) is 10.6 Å². The van der Waals surface area contributed by atoms with Crippen molar-refractivity contribution in [3.63, 3.8) is 0 Å². The monoisotopic (exact) mass is 315 g/mol. The van der Waals surface area contributed by atoms with Crippen molar-refractivity contribution in [3.05, 3.63) is 33.3 Å². The normalized spacial score (nSPS) is 18.5. The minimum absolute atomic E-state index is 0.0295. The Bertz CT molecular complexity index is 459. The van der Waals surface area contributed by atoms with Gasteiger partial charge in [-0.15, -0.1) is 0 Å². The van der Waals surface area contributed by atoms with Gasteiger partial charge in [-0.1, -0.05) is 41.4 Å². The molecule has 2 nitrogen and oxygen atoms in total. The van der Waals surface area contributed by atoms with E-state index >= 15 is 0 Å². The SMILES string of the molecule is CC1(C)CCN(C(=O)c2cc(Br)ccc2Cl)C1. The number of carbonyl (C=O) groups is 1. The molecule has 0 saturated carbocycles. The van der Waals surface area contributed by atoms with E-state index in [1.54, 1.807) is 12.1 Å².